The first-order valence-corrected chi connectivity index (χ1v) is 7.97. The molecule has 110 valence electrons. The summed E-state index contributed by atoms with van der Waals surface area (Å²) in [6.07, 6.45) is 0. The molecule has 0 radical (unpaired) electrons. The van der Waals surface area contributed by atoms with Crippen LogP contribution in [-0.4, -0.2) is 24.3 Å². The molecule has 0 aliphatic rings. The highest BCUT2D eigenvalue weighted by Crippen LogP contribution is 2.21. The number of ether oxygens (including phenoxy) is 2. The second-order valence-electron chi connectivity index (χ2n) is 4.10. The summed E-state index contributed by atoms with van der Waals surface area (Å²) in [4.78, 5) is 11.1. The summed E-state index contributed by atoms with van der Waals surface area (Å²) in [5, 5.41) is 9.14. The molecular weight excluding hydrogens is 451 g/mol. The quantitative estimate of drug-likeness (QED) is 0.516. The summed E-state index contributed by atoms with van der Waals surface area (Å²) in [5.74, 6) is 0.0752. The van der Waals surface area contributed by atoms with Crippen LogP contribution in [0.25, 0.3) is 0 Å². The Labute approximate surface area is 144 Å². The van der Waals surface area contributed by atoms with Crippen LogP contribution in [0.15, 0.2) is 46.9 Å². The Balaban J connectivity index is 1.90. The maximum Gasteiger partial charge on any atom is 0.339 e. The van der Waals surface area contributed by atoms with Crippen LogP contribution in [0.2, 0.25) is 0 Å². The van der Waals surface area contributed by atoms with E-state index in [2.05, 4.69) is 38.5 Å². The summed E-state index contributed by atoms with van der Waals surface area (Å²) in [6, 6.07) is 12.5. The predicted molar refractivity (Wildman–Crippen MR) is 91.3 cm³/mol. The summed E-state index contributed by atoms with van der Waals surface area (Å²) >= 11 is 5.43. The highest BCUT2D eigenvalue weighted by molar-refractivity contribution is 14.1. The molecule has 6 heteroatoms. The van der Waals surface area contributed by atoms with Crippen molar-refractivity contribution in [2.45, 2.75) is 0 Å². The minimum absolute atomic E-state index is 0.157. The van der Waals surface area contributed by atoms with E-state index in [1.54, 1.807) is 18.2 Å². The van der Waals surface area contributed by atoms with E-state index in [0.29, 0.717) is 12.4 Å². The smallest absolute Gasteiger partial charge is 0.339 e. The van der Waals surface area contributed by atoms with Crippen molar-refractivity contribution in [3.8, 4) is 11.5 Å². The van der Waals surface area contributed by atoms with Gasteiger partial charge in [-0.05, 0) is 59.0 Å². The molecule has 0 amide bonds. The lowest BCUT2D eigenvalue weighted by Gasteiger charge is -2.10. The number of benzene rings is 2. The van der Waals surface area contributed by atoms with E-state index in [0.717, 1.165) is 13.8 Å². The predicted octanol–water partition coefficient (Wildman–Crippen LogP) is 4.21. The average Bonchev–Trinajstić information content (AvgIpc) is 2.44. The van der Waals surface area contributed by atoms with Crippen LogP contribution in [0.1, 0.15) is 10.4 Å². The minimum atomic E-state index is -1.00. The Hall–Kier alpha value is -1.28. The van der Waals surface area contributed by atoms with Gasteiger partial charge in [-0.2, -0.15) is 0 Å². The molecule has 2 rings (SSSR count). The minimum Gasteiger partial charge on any atom is -0.490 e. The van der Waals surface area contributed by atoms with Crippen molar-refractivity contribution in [1.82, 2.24) is 0 Å². The Morgan fingerprint density at radius 2 is 1.90 bits per heavy atom. The SMILES string of the molecule is O=C(O)c1cc(I)ccc1OCCOc1cccc(Br)c1. The van der Waals surface area contributed by atoms with Crippen LogP contribution in [-0.2, 0) is 0 Å². The Bertz CT molecular complexity index is 645. The zero-order chi connectivity index (χ0) is 15.2. The van der Waals surface area contributed by atoms with Gasteiger partial charge >= 0.3 is 5.97 Å². The first kappa shape index (κ1) is 16.1. The number of hydrogen-bond acceptors (Lipinski definition) is 3. The van der Waals surface area contributed by atoms with E-state index in [1.165, 1.54) is 0 Å². The number of aromatic carboxylic acids is 1. The third kappa shape index (κ3) is 4.89. The van der Waals surface area contributed by atoms with Crippen LogP contribution in [0.3, 0.4) is 0 Å². The molecule has 4 nitrogen and oxygen atoms in total. The van der Waals surface area contributed by atoms with E-state index in [-0.39, 0.29) is 12.2 Å². The van der Waals surface area contributed by atoms with Crippen molar-refractivity contribution in [2.75, 3.05) is 13.2 Å². The molecule has 21 heavy (non-hydrogen) atoms. The maximum absolute atomic E-state index is 11.1. The van der Waals surface area contributed by atoms with Crippen molar-refractivity contribution in [3.63, 3.8) is 0 Å². The van der Waals surface area contributed by atoms with Crippen LogP contribution in [0.5, 0.6) is 11.5 Å². The largest absolute Gasteiger partial charge is 0.490 e. The second kappa shape index (κ2) is 7.65. The van der Waals surface area contributed by atoms with Gasteiger partial charge in [0, 0.05) is 8.04 Å². The number of carboxylic acids is 1. The molecule has 0 fully saturated rings. The lowest BCUT2D eigenvalue weighted by Crippen LogP contribution is -2.11. The summed E-state index contributed by atoms with van der Waals surface area (Å²) in [6.45, 7) is 0.606. The number of rotatable bonds is 6. The lowest BCUT2D eigenvalue weighted by atomic mass is 10.2. The molecule has 0 bridgehead atoms. The van der Waals surface area contributed by atoms with Gasteiger partial charge in [-0.3, -0.25) is 0 Å². The summed E-state index contributed by atoms with van der Waals surface area (Å²) < 4.78 is 12.8. The number of carboxylic acid groups (broad SMARTS) is 1. The molecule has 0 aromatic heterocycles. The molecule has 0 heterocycles. The van der Waals surface area contributed by atoms with Gasteiger partial charge in [-0.25, -0.2) is 4.79 Å². The molecule has 0 spiro atoms. The Morgan fingerprint density at radius 1 is 1.14 bits per heavy atom. The van der Waals surface area contributed by atoms with Gasteiger partial charge in [-0.1, -0.05) is 22.0 Å². The fourth-order valence-electron chi connectivity index (χ4n) is 1.66. The van der Waals surface area contributed by atoms with Crippen molar-refractivity contribution < 1.29 is 19.4 Å². The van der Waals surface area contributed by atoms with Gasteiger partial charge in [0.1, 0.15) is 30.3 Å². The second-order valence-corrected chi connectivity index (χ2v) is 6.26. The fourth-order valence-corrected chi connectivity index (χ4v) is 2.53. The first-order valence-electron chi connectivity index (χ1n) is 6.10. The fraction of sp³-hybridized carbons (Fsp3) is 0.133. The molecule has 0 atom stereocenters. The highest BCUT2D eigenvalue weighted by Gasteiger charge is 2.11. The molecule has 0 aliphatic heterocycles. The van der Waals surface area contributed by atoms with Gasteiger partial charge in [0.05, 0.1) is 0 Å². The van der Waals surface area contributed by atoms with Crippen LogP contribution >= 0.6 is 38.5 Å². The van der Waals surface area contributed by atoms with Gasteiger partial charge in [-0.15, -0.1) is 0 Å². The Kier molecular flexibility index (Phi) is 5.86. The maximum atomic E-state index is 11.1. The van der Waals surface area contributed by atoms with Crippen LogP contribution < -0.4 is 9.47 Å². The van der Waals surface area contributed by atoms with Crippen molar-refractivity contribution in [2.24, 2.45) is 0 Å². The summed E-state index contributed by atoms with van der Waals surface area (Å²) in [5.41, 5.74) is 0.157. The molecule has 0 saturated heterocycles. The third-order valence-corrected chi connectivity index (χ3v) is 3.74. The van der Waals surface area contributed by atoms with Gasteiger partial charge in [0.2, 0.25) is 0 Å². The Morgan fingerprint density at radius 3 is 2.62 bits per heavy atom. The van der Waals surface area contributed by atoms with Crippen LogP contribution in [0, 0.1) is 3.57 Å². The molecule has 0 unspecified atom stereocenters. The zero-order valence-electron chi connectivity index (χ0n) is 10.9. The van der Waals surface area contributed by atoms with E-state index in [4.69, 9.17) is 14.6 Å². The monoisotopic (exact) mass is 462 g/mol. The topological polar surface area (TPSA) is 55.8 Å². The highest BCUT2D eigenvalue weighted by atomic mass is 127. The van der Waals surface area contributed by atoms with E-state index < -0.39 is 5.97 Å². The average molecular weight is 463 g/mol. The van der Waals surface area contributed by atoms with E-state index in [1.807, 2.05) is 24.3 Å². The van der Waals surface area contributed by atoms with Crippen molar-refractivity contribution in [3.05, 3.63) is 56.1 Å². The van der Waals surface area contributed by atoms with Gasteiger partial charge in [0.25, 0.3) is 0 Å². The first-order chi connectivity index (χ1) is 10.1. The molecule has 0 aliphatic carbocycles. The lowest BCUT2D eigenvalue weighted by molar-refractivity contribution is 0.0691. The number of hydrogen-bond donors (Lipinski definition) is 1. The molecule has 1 N–H and O–H groups in total. The standard InChI is InChI=1S/C15H12BrIO4/c16-10-2-1-3-12(8-10)20-6-7-21-14-5-4-11(17)9-13(14)15(18)19/h1-5,8-9H,6-7H2,(H,18,19). The zero-order valence-corrected chi connectivity index (χ0v) is 14.6. The third-order valence-electron chi connectivity index (χ3n) is 2.58. The number of carbonyl (C=O) groups is 1. The van der Waals surface area contributed by atoms with Crippen LogP contribution in [0.4, 0.5) is 0 Å². The summed E-state index contributed by atoms with van der Waals surface area (Å²) in [7, 11) is 0. The van der Waals surface area contributed by atoms with Gasteiger partial charge < -0.3 is 14.6 Å². The molecule has 2 aromatic carbocycles. The van der Waals surface area contributed by atoms with Gasteiger partial charge in [0.15, 0.2) is 0 Å². The molecule has 2 aromatic rings. The van der Waals surface area contributed by atoms with Crippen molar-refractivity contribution in [1.29, 1.82) is 0 Å². The van der Waals surface area contributed by atoms with Crippen molar-refractivity contribution >= 4 is 44.5 Å². The normalized spacial score (nSPS) is 10.2. The molecular formula is C15H12BrIO4. The van der Waals surface area contributed by atoms with E-state index >= 15 is 0 Å². The number of halogens is 2. The molecule has 0 saturated carbocycles. The van der Waals surface area contributed by atoms with E-state index in [9.17, 15) is 4.79 Å².